The molecule has 1 heterocycles. The first-order valence-corrected chi connectivity index (χ1v) is 14.1. The van der Waals surface area contributed by atoms with E-state index in [1.54, 1.807) is 53.9 Å². The van der Waals surface area contributed by atoms with Gasteiger partial charge in [0.15, 0.2) is 11.5 Å². The number of thiazole rings is 1. The lowest BCUT2D eigenvalue weighted by atomic mass is 10.1. The molecule has 0 bridgehead atoms. The first-order valence-electron chi connectivity index (χ1n) is 13.2. The molecule has 3 aromatic carbocycles. The second-order valence-corrected chi connectivity index (χ2v) is 10.1. The van der Waals surface area contributed by atoms with Crippen LogP contribution in [0.3, 0.4) is 0 Å². The second-order valence-electron chi connectivity index (χ2n) is 9.25. The SMILES string of the molecule is COc1cc(C(=O)c2csc(-c3ccc(NC(=O)CCCCC(=O)Nc4ccccc4N)cc3)n2)cc(OC)c1OC. The summed E-state index contributed by atoms with van der Waals surface area (Å²) in [6, 6.07) is 17.5. The van der Waals surface area contributed by atoms with Gasteiger partial charge >= 0.3 is 0 Å². The van der Waals surface area contributed by atoms with Gasteiger partial charge in [-0.15, -0.1) is 11.3 Å². The molecular formula is C31H32N4O6S. The summed E-state index contributed by atoms with van der Waals surface area (Å²) in [4.78, 5) is 42.2. The summed E-state index contributed by atoms with van der Waals surface area (Å²) in [6.07, 6.45) is 1.74. The molecule has 1 aromatic heterocycles. The summed E-state index contributed by atoms with van der Waals surface area (Å²) in [7, 11) is 4.48. The van der Waals surface area contributed by atoms with E-state index in [-0.39, 0.29) is 17.6 Å². The zero-order chi connectivity index (χ0) is 30.1. The van der Waals surface area contributed by atoms with Crippen LogP contribution in [0.2, 0.25) is 0 Å². The number of benzene rings is 3. The van der Waals surface area contributed by atoms with Crippen LogP contribution in [0.25, 0.3) is 10.6 Å². The number of ether oxygens (including phenoxy) is 3. The number of nitrogens with two attached hydrogens (primary N) is 1. The third-order valence-corrected chi connectivity index (χ3v) is 7.26. The Balaban J connectivity index is 1.28. The summed E-state index contributed by atoms with van der Waals surface area (Å²) in [5.74, 6) is 0.615. The number of rotatable bonds is 13. The summed E-state index contributed by atoms with van der Waals surface area (Å²) in [5, 5.41) is 8.02. The molecule has 42 heavy (non-hydrogen) atoms. The van der Waals surface area contributed by atoms with E-state index < -0.39 is 0 Å². The largest absolute Gasteiger partial charge is 0.493 e. The Kier molecular flexibility index (Phi) is 10.1. The number of hydrogen-bond donors (Lipinski definition) is 3. The molecule has 11 heteroatoms. The molecule has 0 aliphatic heterocycles. The highest BCUT2D eigenvalue weighted by atomic mass is 32.1. The number of aromatic nitrogens is 1. The average molecular weight is 589 g/mol. The van der Waals surface area contributed by atoms with Gasteiger partial charge in [-0.3, -0.25) is 14.4 Å². The van der Waals surface area contributed by atoms with Crippen LogP contribution in [-0.4, -0.2) is 43.9 Å². The number of para-hydroxylation sites is 2. The van der Waals surface area contributed by atoms with Crippen molar-refractivity contribution in [2.24, 2.45) is 0 Å². The van der Waals surface area contributed by atoms with Gasteiger partial charge in [-0.25, -0.2) is 4.98 Å². The maximum atomic E-state index is 13.2. The van der Waals surface area contributed by atoms with E-state index in [9.17, 15) is 14.4 Å². The Morgan fingerprint density at radius 1 is 0.833 bits per heavy atom. The van der Waals surface area contributed by atoms with Gasteiger partial charge in [-0.1, -0.05) is 12.1 Å². The zero-order valence-corrected chi connectivity index (χ0v) is 24.4. The van der Waals surface area contributed by atoms with E-state index in [1.165, 1.54) is 32.7 Å². The number of anilines is 3. The number of nitrogens with one attached hydrogen (secondary N) is 2. The molecule has 0 aliphatic carbocycles. The van der Waals surface area contributed by atoms with E-state index in [0.29, 0.717) is 76.3 Å². The van der Waals surface area contributed by atoms with Crippen molar-refractivity contribution in [1.82, 2.24) is 4.98 Å². The molecule has 4 aromatic rings. The van der Waals surface area contributed by atoms with Crippen LogP contribution in [0.1, 0.15) is 41.7 Å². The minimum Gasteiger partial charge on any atom is -0.493 e. The van der Waals surface area contributed by atoms with E-state index in [2.05, 4.69) is 15.6 Å². The summed E-state index contributed by atoms with van der Waals surface area (Å²) < 4.78 is 16.0. The molecule has 4 rings (SSSR count). The van der Waals surface area contributed by atoms with Crippen molar-refractivity contribution in [3.8, 4) is 27.8 Å². The second kappa shape index (κ2) is 14.1. The zero-order valence-electron chi connectivity index (χ0n) is 23.6. The lowest BCUT2D eigenvalue weighted by molar-refractivity contribution is -0.118. The molecule has 0 radical (unpaired) electrons. The normalized spacial score (nSPS) is 10.5. The summed E-state index contributed by atoms with van der Waals surface area (Å²) >= 11 is 1.34. The number of nitrogens with zero attached hydrogens (tertiary/aromatic N) is 1. The van der Waals surface area contributed by atoms with E-state index in [1.807, 2.05) is 12.1 Å². The van der Waals surface area contributed by atoms with Crippen LogP contribution in [0, 0.1) is 0 Å². The van der Waals surface area contributed by atoms with Crippen LogP contribution < -0.4 is 30.6 Å². The highest BCUT2D eigenvalue weighted by molar-refractivity contribution is 7.13. The molecule has 0 atom stereocenters. The van der Waals surface area contributed by atoms with E-state index in [0.717, 1.165) is 5.56 Å². The predicted octanol–water partition coefficient (Wildman–Crippen LogP) is 5.79. The molecule has 0 unspecified atom stereocenters. The van der Waals surface area contributed by atoms with Crippen molar-refractivity contribution in [2.75, 3.05) is 37.7 Å². The van der Waals surface area contributed by atoms with Gasteiger partial charge < -0.3 is 30.6 Å². The van der Waals surface area contributed by atoms with Crippen LogP contribution in [0.15, 0.2) is 66.0 Å². The molecule has 0 spiro atoms. The number of nitrogen functional groups attached to an aromatic ring is 1. The van der Waals surface area contributed by atoms with Crippen molar-refractivity contribution in [3.63, 3.8) is 0 Å². The molecular weight excluding hydrogens is 556 g/mol. The molecule has 10 nitrogen and oxygen atoms in total. The van der Waals surface area contributed by atoms with Gasteiger partial charge in [0, 0.05) is 35.0 Å². The highest BCUT2D eigenvalue weighted by Gasteiger charge is 2.20. The molecule has 218 valence electrons. The summed E-state index contributed by atoms with van der Waals surface area (Å²) in [6.45, 7) is 0. The smallest absolute Gasteiger partial charge is 0.224 e. The molecule has 0 saturated heterocycles. The van der Waals surface area contributed by atoms with E-state index >= 15 is 0 Å². The predicted molar refractivity (Wildman–Crippen MR) is 164 cm³/mol. The van der Waals surface area contributed by atoms with Gasteiger partial charge in [0.2, 0.25) is 23.3 Å². The van der Waals surface area contributed by atoms with Crippen LogP contribution in [0.4, 0.5) is 17.1 Å². The quantitative estimate of drug-likeness (QED) is 0.101. The lowest BCUT2D eigenvalue weighted by Gasteiger charge is -2.13. The number of amides is 2. The number of methoxy groups -OCH3 is 3. The first-order chi connectivity index (χ1) is 20.3. The topological polar surface area (TPSA) is 142 Å². The van der Waals surface area contributed by atoms with Crippen molar-refractivity contribution in [1.29, 1.82) is 0 Å². The molecule has 2 amide bonds. The van der Waals surface area contributed by atoms with E-state index in [4.69, 9.17) is 19.9 Å². The summed E-state index contributed by atoms with van der Waals surface area (Å²) in [5.41, 5.74) is 9.05. The molecule has 0 fully saturated rings. The highest BCUT2D eigenvalue weighted by Crippen LogP contribution is 2.39. The van der Waals surface area contributed by atoms with Crippen molar-refractivity contribution >= 4 is 46.0 Å². The Bertz CT molecular complexity index is 1540. The maximum Gasteiger partial charge on any atom is 0.224 e. The third kappa shape index (κ3) is 7.43. The standard InChI is InChI=1S/C31H32N4O6S/c1-39-25-16-20(17-26(40-2)30(25)41-3)29(38)24-18-42-31(35-24)19-12-14-21(15-13-19)33-27(36)10-6-7-11-28(37)34-23-9-5-4-8-22(23)32/h4-5,8-9,12-18H,6-7,10-11,32H2,1-3H3,(H,33,36)(H,34,37). The van der Waals surface area contributed by atoms with Crippen LogP contribution in [-0.2, 0) is 9.59 Å². The Morgan fingerprint density at radius 2 is 1.45 bits per heavy atom. The van der Waals surface area contributed by atoms with Gasteiger partial charge in [-0.05, 0) is 61.4 Å². The van der Waals surface area contributed by atoms with Gasteiger partial charge in [0.25, 0.3) is 0 Å². The Morgan fingerprint density at radius 3 is 2.05 bits per heavy atom. The number of unbranched alkanes of at least 4 members (excludes halogenated alkanes) is 1. The number of carbonyl (C=O) groups excluding carboxylic acids is 3. The number of hydrogen-bond acceptors (Lipinski definition) is 9. The van der Waals surface area contributed by atoms with Gasteiger partial charge in [0.1, 0.15) is 10.7 Å². The van der Waals surface area contributed by atoms with Gasteiger partial charge in [-0.2, -0.15) is 0 Å². The average Bonchev–Trinajstić information content (AvgIpc) is 3.50. The monoisotopic (exact) mass is 588 g/mol. The fourth-order valence-electron chi connectivity index (χ4n) is 4.18. The first kappa shape index (κ1) is 30.1. The molecule has 0 saturated carbocycles. The Labute approximate surface area is 247 Å². The minimum absolute atomic E-state index is 0.136. The van der Waals surface area contributed by atoms with Crippen LogP contribution >= 0.6 is 11.3 Å². The minimum atomic E-state index is -0.276. The Hall–Kier alpha value is -4.90. The molecule has 0 aliphatic rings. The van der Waals surface area contributed by atoms with Crippen molar-refractivity contribution in [3.05, 3.63) is 77.3 Å². The fourth-order valence-corrected chi connectivity index (χ4v) is 4.99. The van der Waals surface area contributed by atoms with Crippen molar-refractivity contribution < 1.29 is 28.6 Å². The molecule has 4 N–H and O–H groups in total. The van der Waals surface area contributed by atoms with Gasteiger partial charge in [0.05, 0.1) is 32.7 Å². The maximum absolute atomic E-state index is 13.2. The number of ketones is 1. The van der Waals surface area contributed by atoms with Crippen LogP contribution in [0.5, 0.6) is 17.2 Å². The lowest BCUT2D eigenvalue weighted by Crippen LogP contribution is -2.14. The third-order valence-electron chi connectivity index (χ3n) is 6.37. The van der Waals surface area contributed by atoms with Crippen molar-refractivity contribution in [2.45, 2.75) is 25.7 Å². The number of carbonyl (C=O) groups is 3. The fraction of sp³-hybridized carbons (Fsp3) is 0.226.